The standard InChI is InChI=1S/C19H32N6O2.HI/c1-20-19(21-13-18-23-22-17-6-4-9-25(17)18)24-10-7-15(8-11-24)27-14-16-5-2-3-12-26-16;/h15-16H,2-14H2,1H3,(H,20,21);1H. The van der Waals surface area contributed by atoms with Crippen molar-refractivity contribution in [3.8, 4) is 0 Å². The van der Waals surface area contributed by atoms with Crippen molar-refractivity contribution in [3.05, 3.63) is 11.6 Å². The number of piperidine rings is 1. The third-order valence-electron chi connectivity index (χ3n) is 5.84. The lowest BCUT2D eigenvalue weighted by atomic mass is 10.1. The van der Waals surface area contributed by atoms with Gasteiger partial charge in [-0.15, -0.1) is 34.2 Å². The van der Waals surface area contributed by atoms with E-state index in [2.05, 4.69) is 30.0 Å². The first kappa shape index (κ1) is 21.8. The van der Waals surface area contributed by atoms with Crippen molar-refractivity contribution >= 4 is 29.9 Å². The number of fused-ring (bicyclic) bond motifs is 1. The molecule has 1 aromatic rings. The number of rotatable bonds is 5. The SMILES string of the molecule is CN=C(NCc1nnc2n1CCC2)N1CCC(OCC2CCCCO2)CC1.I. The van der Waals surface area contributed by atoms with Gasteiger partial charge in [0.15, 0.2) is 11.8 Å². The van der Waals surface area contributed by atoms with Gasteiger partial charge in [-0.05, 0) is 38.5 Å². The van der Waals surface area contributed by atoms with Gasteiger partial charge in [0.25, 0.3) is 0 Å². The largest absolute Gasteiger partial charge is 0.376 e. The molecule has 158 valence electrons. The molecular weight excluding hydrogens is 471 g/mol. The summed E-state index contributed by atoms with van der Waals surface area (Å²) in [4.78, 5) is 6.78. The average molecular weight is 504 g/mol. The predicted octanol–water partition coefficient (Wildman–Crippen LogP) is 1.97. The Labute approximate surface area is 184 Å². The van der Waals surface area contributed by atoms with Crippen molar-refractivity contribution in [2.75, 3.05) is 33.4 Å². The van der Waals surface area contributed by atoms with Gasteiger partial charge in [-0.1, -0.05) is 0 Å². The molecule has 3 aliphatic heterocycles. The number of hydrogen-bond acceptors (Lipinski definition) is 5. The molecule has 0 aromatic carbocycles. The Morgan fingerprint density at radius 1 is 1.18 bits per heavy atom. The molecule has 1 N–H and O–H groups in total. The summed E-state index contributed by atoms with van der Waals surface area (Å²) in [7, 11) is 1.85. The van der Waals surface area contributed by atoms with Crippen LogP contribution in [0.1, 0.15) is 50.2 Å². The highest BCUT2D eigenvalue weighted by Gasteiger charge is 2.24. The summed E-state index contributed by atoms with van der Waals surface area (Å²) in [5.74, 6) is 3.07. The van der Waals surface area contributed by atoms with Crippen LogP contribution >= 0.6 is 24.0 Å². The number of ether oxygens (including phenoxy) is 2. The van der Waals surface area contributed by atoms with Crippen LogP contribution in [0.2, 0.25) is 0 Å². The normalized spacial score (nSPS) is 23.4. The molecule has 8 nitrogen and oxygen atoms in total. The second-order valence-electron chi connectivity index (χ2n) is 7.70. The van der Waals surface area contributed by atoms with Gasteiger partial charge < -0.3 is 24.3 Å². The Kier molecular flexibility index (Phi) is 8.34. The van der Waals surface area contributed by atoms with Gasteiger partial charge in [0.1, 0.15) is 5.82 Å². The molecule has 1 aromatic heterocycles. The first-order valence-corrected chi connectivity index (χ1v) is 10.4. The first-order chi connectivity index (χ1) is 13.3. The molecule has 4 heterocycles. The van der Waals surface area contributed by atoms with E-state index in [0.29, 0.717) is 18.8 Å². The summed E-state index contributed by atoms with van der Waals surface area (Å²) in [5.41, 5.74) is 0. The molecule has 0 bridgehead atoms. The highest BCUT2D eigenvalue weighted by Crippen LogP contribution is 2.18. The number of aryl methyl sites for hydroxylation is 1. The van der Waals surface area contributed by atoms with E-state index >= 15 is 0 Å². The number of guanidine groups is 1. The molecule has 1 unspecified atom stereocenters. The fourth-order valence-corrected chi connectivity index (χ4v) is 4.25. The molecule has 0 amide bonds. The van der Waals surface area contributed by atoms with Crippen molar-refractivity contribution in [2.24, 2.45) is 4.99 Å². The molecule has 0 saturated carbocycles. The van der Waals surface area contributed by atoms with Crippen LogP contribution in [0, 0.1) is 0 Å². The van der Waals surface area contributed by atoms with Crippen LogP contribution in [0.15, 0.2) is 4.99 Å². The van der Waals surface area contributed by atoms with E-state index in [-0.39, 0.29) is 24.0 Å². The minimum Gasteiger partial charge on any atom is -0.376 e. The molecule has 4 rings (SSSR count). The van der Waals surface area contributed by atoms with Crippen LogP contribution in [-0.2, 0) is 29.0 Å². The number of likely N-dealkylation sites (tertiary alicyclic amines) is 1. The van der Waals surface area contributed by atoms with Gasteiger partial charge in [-0.25, -0.2) is 0 Å². The van der Waals surface area contributed by atoms with E-state index in [4.69, 9.17) is 9.47 Å². The summed E-state index contributed by atoms with van der Waals surface area (Å²) in [6, 6.07) is 0. The van der Waals surface area contributed by atoms with Gasteiger partial charge >= 0.3 is 0 Å². The van der Waals surface area contributed by atoms with Crippen LogP contribution in [0.5, 0.6) is 0 Å². The predicted molar refractivity (Wildman–Crippen MR) is 118 cm³/mol. The number of aromatic nitrogens is 3. The van der Waals surface area contributed by atoms with Crippen LogP contribution in [-0.4, -0.2) is 71.2 Å². The highest BCUT2D eigenvalue weighted by atomic mass is 127. The Bertz CT molecular complexity index is 638. The summed E-state index contributed by atoms with van der Waals surface area (Å²) >= 11 is 0. The van der Waals surface area contributed by atoms with Crippen molar-refractivity contribution in [3.63, 3.8) is 0 Å². The first-order valence-electron chi connectivity index (χ1n) is 10.4. The summed E-state index contributed by atoms with van der Waals surface area (Å²) in [5, 5.41) is 12.1. The second-order valence-corrected chi connectivity index (χ2v) is 7.70. The minimum absolute atomic E-state index is 0. The fraction of sp³-hybridized carbons (Fsp3) is 0.842. The van der Waals surface area contributed by atoms with Gasteiger partial charge in [0.2, 0.25) is 0 Å². The monoisotopic (exact) mass is 504 g/mol. The summed E-state index contributed by atoms with van der Waals surface area (Å²) in [6.07, 6.45) is 8.53. The summed E-state index contributed by atoms with van der Waals surface area (Å²) in [6.45, 7) is 5.28. The second kappa shape index (κ2) is 10.7. The van der Waals surface area contributed by atoms with Gasteiger partial charge in [0.05, 0.1) is 25.4 Å². The molecule has 28 heavy (non-hydrogen) atoms. The van der Waals surface area contributed by atoms with Crippen LogP contribution < -0.4 is 5.32 Å². The molecule has 0 aliphatic carbocycles. The molecular formula is C19H33IN6O2. The van der Waals surface area contributed by atoms with E-state index in [1.165, 1.54) is 19.3 Å². The van der Waals surface area contributed by atoms with E-state index < -0.39 is 0 Å². The van der Waals surface area contributed by atoms with E-state index in [1.54, 1.807) is 0 Å². The third kappa shape index (κ3) is 5.35. The molecule has 2 saturated heterocycles. The van der Waals surface area contributed by atoms with Crippen LogP contribution in [0.3, 0.4) is 0 Å². The van der Waals surface area contributed by atoms with E-state index in [0.717, 1.165) is 76.1 Å². The number of aliphatic imine (C=N–C) groups is 1. The van der Waals surface area contributed by atoms with Crippen LogP contribution in [0.4, 0.5) is 0 Å². The van der Waals surface area contributed by atoms with E-state index in [9.17, 15) is 0 Å². The van der Waals surface area contributed by atoms with Crippen LogP contribution in [0.25, 0.3) is 0 Å². The zero-order valence-electron chi connectivity index (χ0n) is 16.8. The zero-order valence-corrected chi connectivity index (χ0v) is 19.1. The van der Waals surface area contributed by atoms with Gasteiger partial charge in [-0.3, -0.25) is 4.99 Å². The maximum atomic E-state index is 6.12. The maximum absolute atomic E-state index is 6.12. The quantitative estimate of drug-likeness (QED) is 0.376. The number of halogens is 1. The number of nitrogens with zero attached hydrogens (tertiary/aromatic N) is 5. The zero-order chi connectivity index (χ0) is 18.5. The maximum Gasteiger partial charge on any atom is 0.194 e. The molecule has 0 spiro atoms. The lowest BCUT2D eigenvalue weighted by Gasteiger charge is -2.35. The molecule has 2 fully saturated rings. The Morgan fingerprint density at radius 2 is 2.04 bits per heavy atom. The Balaban J connectivity index is 0.00000225. The molecule has 3 aliphatic rings. The molecule has 1 atom stereocenters. The molecule has 0 radical (unpaired) electrons. The Morgan fingerprint density at radius 3 is 2.79 bits per heavy atom. The summed E-state index contributed by atoms with van der Waals surface area (Å²) < 4.78 is 14.1. The third-order valence-corrected chi connectivity index (χ3v) is 5.84. The van der Waals surface area contributed by atoms with Crippen molar-refractivity contribution in [1.29, 1.82) is 0 Å². The smallest absolute Gasteiger partial charge is 0.194 e. The molecule has 9 heteroatoms. The Hall–Kier alpha value is -0.940. The van der Waals surface area contributed by atoms with Crippen molar-refractivity contribution in [2.45, 2.75) is 70.2 Å². The average Bonchev–Trinajstić information content (AvgIpc) is 3.33. The fourth-order valence-electron chi connectivity index (χ4n) is 4.25. The van der Waals surface area contributed by atoms with Gasteiger partial charge in [-0.2, -0.15) is 0 Å². The number of nitrogens with one attached hydrogen (secondary N) is 1. The van der Waals surface area contributed by atoms with Gasteiger partial charge in [0, 0.05) is 39.7 Å². The number of hydrogen-bond donors (Lipinski definition) is 1. The van der Waals surface area contributed by atoms with E-state index in [1.807, 2.05) is 7.05 Å². The topological polar surface area (TPSA) is 76.8 Å². The minimum atomic E-state index is 0. The van der Waals surface area contributed by atoms with Crippen molar-refractivity contribution < 1.29 is 9.47 Å². The highest BCUT2D eigenvalue weighted by molar-refractivity contribution is 14.0. The lowest BCUT2D eigenvalue weighted by molar-refractivity contribution is -0.0721. The lowest BCUT2D eigenvalue weighted by Crippen LogP contribution is -2.47. The van der Waals surface area contributed by atoms with Crippen molar-refractivity contribution in [1.82, 2.24) is 25.0 Å².